The number of benzene rings is 1. The number of halogens is 1. The SMILES string of the molecule is CNCCc1c[nH]c2ccc([N+](=O)[O-])cc12.Cl. The van der Waals surface area contributed by atoms with Crippen molar-refractivity contribution in [1.82, 2.24) is 10.3 Å². The van der Waals surface area contributed by atoms with Crippen LogP contribution < -0.4 is 5.32 Å². The number of nitro benzene ring substituents is 1. The highest BCUT2D eigenvalue weighted by molar-refractivity contribution is 5.85. The fraction of sp³-hybridized carbons (Fsp3) is 0.273. The van der Waals surface area contributed by atoms with E-state index in [2.05, 4.69) is 10.3 Å². The first-order chi connectivity index (χ1) is 7.72. The number of non-ortho nitro benzene ring substituents is 1. The first kappa shape index (κ1) is 13.5. The highest BCUT2D eigenvalue weighted by Crippen LogP contribution is 2.23. The number of nitro groups is 1. The van der Waals surface area contributed by atoms with Gasteiger partial charge in [-0.25, -0.2) is 0 Å². The fourth-order valence-corrected chi connectivity index (χ4v) is 1.75. The Kier molecular flexibility index (Phi) is 4.48. The van der Waals surface area contributed by atoms with Gasteiger partial charge in [0.2, 0.25) is 0 Å². The van der Waals surface area contributed by atoms with Gasteiger partial charge in [-0.2, -0.15) is 0 Å². The van der Waals surface area contributed by atoms with Gasteiger partial charge in [-0.05, 0) is 31.6 Å². The van der Waals surface area contributed by atoms with E-state index in [0.717, 1.165) is 29.4 Å². The van der Waals surface area contributed by atoms with Gasteiger partial charge in [-0.3, -0.25) is 10.1 Å². The molecule has 92 valence electrons. The Morgan fingerprint density at radius 2 is 2.24 bits per heavy atom. The Morgan fingerprint density at radius 3 is 2.88 bits per heavy atom. The lowest BCUT2D eigenvalue weighted by Crippen LogP contribution is -2.09. The van der Waals surface area contributed by atoms with Crippen molar-refractivity contribution in [3.63, 3.8) is 0 Å². The maximum atomic E-state index is 10.7. The molecule has 0 aliphatic heterocycles. The average Bonchev–Trinajstić information content (AvgIpc) is 2.68. The number of hydrogen-bond acceptors (Lipinski definition) is 3. The van der Waals surface area contributed by atoms with E-state index in [-0.39, 0.29) is 23.0 Å². The van der Waals surface area contributed by atoms with Crippen molar-refractivity contribution in [3.8, 4) is 0 Å². The largest absolute Gasteiger partial charge is 0.361 e. The molecule has 1 heterocycles. The van der Waals surface area contributed by atoms with E-state index in [4.69, 9.17) is 0 Å². The molecular weight excluding hydrogens is 242 g/mol. The van der Waals surface area contributed by atoms with Crippen LogP contribution in [0.1, 0.15) is 5.56 Å². The summed E-state index contributed by atoms with van der Waals surface area (Å²) < 4.78 is 0. The summed E-state index contributed by atoms with van der Waals surface area (Å²) in [7, 11) is 1.89. The second-order valence-corrected chi connectivity index (χ2v) is 3.65. The van der Waals surface area contributed by atoms with E-state index in [0.29, 0.717) is 0 Å². The van der Waals surface area contributed by atoms with Gasteiger partial charge in [0, 0.05) is 29.2 Å². The molecule has 2 N–H and O–H groups in total. The number of rotatable bonds is 4. The van der Waals surface area contributed by atoms with Gasteiger partial charge < -0.3 is 10.3 Å². The van der Waals surface area contributed by atoms with Crippen LogP contribution in [0.25, 0.3) is 10.9 Å². The molecule has 0 saturated heterocycles. The van der Waals surface area contributed by atoms with Gasteiger partial charge in [-0.1, -0.05) is 0 Å². The van der Waals surface area contributed by atoms with Crippen LogP contribution in [-0.2, 0) is 6.42 Å². The summed E-state index contributed by atoms with van der Waals surface area (Å²) in [5.74, 6) is 0. The van der Waals surface area contributed by atoms with Crippen LogP contribution in [0.3, 0.4) is 0 Å². The second-order valence-electron chi connectivity index (χ2n) is 3.65. The van der Waals surface area contributed by atoms with Gasteiger partial charge in [-0.15, -0.1) is 12.4 Å². The zero-order valence-corrected chi connectivity index (χ0v) is 10.2. The molecule has 0 saturated carbocycles. The normalized spacial score (nSPS) is 10.2. The van der Waals surface area contributed by atoms with Crippen molar-refractivity contribution < 1.29 is 4.92 Å². The highest BCUT2D eigenvalue weighted by atomic mass is 35.5. The molecule has 2 aromatic rings. The minimum absolute atomic E-state index is 0. The van der Waals surface area contributed by atoms with Crippen LogP contribution in [0.4, 0.5) is 5.69 Å². The van der Waals surface area contributed by atoms with E-state index in [1.807, 2.05) is 13.2 Å². The molecule has 0 fully saturated rings. The molecule has 0 radical (unpaired) electrons. The summed E-state index contributed by atoms with van der Waals surface area (Å²) in [6, 6.07) is 4.88. The Bertz CT molecular complexity index is 524. The van der Waals surface area contributed by atoms with Crippen LogP contribution in [-0.4, -0.2) is 23.5 Å². The van der Waals surface area contributed by atoms with Crippen molar-refractivity contribution >= 4 is 29.0 Å². The lowest BCUT2D eigenvalue weighted by molar-refractivity contribution is -0.384. The number of fused-ring (bicyclic) bond motifs is 1. The van der Waals surface area contributed by atoms with Gasteiger partial charge in [0.05, 0.1) is 4.92 Å². The quantitative estimate of drug-likeness (QED) is 0.650. The monoisotopic (exact) mass is 255 g/mol. The van der Waals surface area contributed by atoms with Crippen molar-refractivity contribution in [2.75, 3.05) is 13.6 Å². The van der Waals surface area contributed by atoms with Gasteiger partial charge in [0.15, 0.2) is 0 Å². The summed E-state index contributed by atoms with van der Waals surface area (Å²) in [6.45, 7) is 0.857. The van der Waals surface area contributed by atoms with E-state index < -0.39 is 0 Å². The number of nitrogens with zero attached hydrogens (tertiary/aromatic N) is 1. The van der Waals surface area contributed by atoms with Gasteiger partial charge >= 0.3 is 0 Å². The average molecular weight is 256 g/mol. The maximum absolute atomic E-state index is 10.7. The third-order valence-corrected chi connectivity index (χ3v) is 2.61. The minimum Gasteiger partial charge on any atom is -0.361 e. The molecule has 6 heteroatoms. The van der Waals surface area contributed by atoms with Crippen LogP contribution in [0.5, 0.6) is 0 Å². The molecule has 0 aliphatic rings. The maximum Gasteiger partial charge on any atom is 0.270 e. The third kappa shape index (κ3) is 2.75. The Labute approximate surface area is 105 Å². The number of hydrogen-bond donors (Lipinski definition) is 2. The molecule has 0 unspecified atom stereocenters. The van der Waals surface area contributed by atoms with Crippen LogP contribution in [0.2, 0.25) is 0 Å². The molecule has 0 spiro atoms. The molecule has 0 aliphatic carbocycles. The summed E-state index contributed by atoms with van der Waals surface area (Å²) >= 11 is 0. The Balaban J connectivity index is 0.00000144. The number of H-pyrrole nitrogens is 1. The van der Waals surface area contributed by atoms with E-state index in [9.17, 15) is 10.1 Å². The summed E-state index contributed by atoms with van der Waals surface area (Å²) in [5, 5.41) is 14.7. The summed E-state index contributed by atoms with van der Waals surface area (Å²) in [4.78, 5) is 13.4. The van der Waals surface area contributed by atoms with Crippen molar-refractivity contribution in [1.29, 1.82) is 0 Å². The number of nitrogens with one attached hydrogen (secondary N) is 2. The lowest BCUT2D eigenvalue weighted by Gasteiger charge is -1.98. The van der Waals surface area contributed by atoms with Crippen molar-refractivity contribution in [3.05, 3.63) is 40.1 Å². The van der Waals surface area contributed by atoms with E-state index in [1.165, 1.54) is 6.07 Å². The van der Waals surface area contributed by atoms with Crippen LogP contribution in [0, 0.1) is 10.1 Å². The van der Waals surface area contributed by atoms with E-state index in [1.54, 1.807) is 12.1 Å². The molecule has 5 nitrogen and oxygen atoms in total. The number of likely N-dealkylation sites (N-methyl/N-ethyl adjacent to an activating group) is 1. The lowest BCUT2D eigenvalue weighted by atomic mass is 10.1. The molecule has 2 rings (SSSR count). The Hall–Kier alpha value is -1.59. The first-order valence-corrected chi connectivity index (χ1v) is 5.11. The topological polar surface area (TPSA) is 71.0 Å². The van der Waals surface area contributed by atoms with Crippen LogP contribution >= 0.6 is 12.4 Å². The second kappa shape index (κ2) is 5.65. The number of aromatic amines is 1. The van der Waals surface area contributed by atoms with E-state index >= 15 is 0 Å². The van der Waals surface area contributed by atoms with Gasteiger partial charge in [0.1, 0.15) is 0 Å². The standard InChI is InChI=1S/C11H13N3O2.ClH/c1-12-5-4-8-7-13-11-3-2-9(14(15)16)6-10(8)11;/h2-3,6-7,12-13H,4-5H2,1H3;1H. The Morgan fingerprint density at radius 1 is 1.47 bits per heavy atom. The van der Waals surface area contributed by atoms with Crippen LogP contribution in [0.15, 0.2) is 24.4 Å². The summed E-state index contributed by atoms with van der Waals surface area (Å²) in [6.07, 6.45) is 2.77. The smallest absolute Gasteiger partial charge is 0.270 e. The first-order valence-electron chi connectivity index (χ1n) is 5.11. The minimum atomic E-state index is -0.367. The molecule has 17 heavy (non-hydrogen) atoms. The fourth-order valence-electron chi connectivity index (χ4n) is 1.75. The zero-order chi connectivity index (χ0) is 11.5. The molecule has 1 aromatic carbocycles. The molecule has 0 bridgehead atoms. The molecular formula is C11H14ClN3O2. The highest BCUT2D eigenvalue weighted by Gasteiger charge is 2.09. The molecule has 1 aromatic heterocycles. The van der Waals surface area contributed by atoms with Gasteiger partial charge in [0.25, 0.3) is 5.69 Å². The molecule has 0 atom stereocenters. The zero-order valence-electron chi connectivity index (χ0n) is 9.40. The molecule has 0 amide bonds. The van der Waals surface area contributed by atoms with Crippen molar-refractivity contribution in [2.45, 2.75) is 6.42 Å². The predicted octanol–water partition coefficient (Wildman–Crippen LogP) is 2.26. The number of aromatic nitrogens is 1. The summed E-state index contributed by atoms with van der Waals surface area (Å²) in [5.41, 5.74) is 2.18. The predicted molar refractivity (Wildman–Crippen MR) is 69.8 cm³/mol. The van der Waals surface area contributed by atoms with Crippen molar-refractivity contribution in [2.24, 2.45) is 0 Å². The third-order valence-electron chi connectivity index (χ3n) is 2.61.